The number of hydrogen-bond acceptors (Lipinski definition) is 7. The fraction of sp³-hybridized carbons (Fsp3) is 0.296. The Morgan fingerprint density at radius 1 is 1.11 bits per heavy atom. The number of rotatable bonds is 7. The summed E-state index contributed by atoms with van der Waals surface area (Å²) in [6.45, 7) is 4.97. The summed E-state index contributed by atoms with van der Waals surface area (Å²) < 4.78 is 7.54. The van der Waals surface area contributed by atoms with Crippen molar-refractivity contribution in [2.75, 3.05) is 13.7 Å². The Morgan fingerprint density at radius 2 is 1.86 bits per heavy atom. The molecule has 0 bridgehead atoms. The molecule has 0 aliphatic carbocycles. The van der Waals surface area contributed by atoms with E-state index in [1.54, 1.807) is 4.90 Å². The van der Waals surface area contributed by atoms with Gasteiger partial charge in [-0.2, -0.15) is 10.1 Å². The van der Waals surface area contributed by atoms with E-state index in [-0.39, 0.29) is 5.91 Å². The van der Waals surface area contributed by atoms with E-state index in [1.807, 2.05) is 79.2 Å². The van der Waals surface area contributed by atoms with Crippen molar-refractivity contribution in [1.82, 2.24) is 24.8 Å². The number of carbonyl (C=O) groups excluding carboxylic acids is 1. The highest BCUT2D eigenvalue weighted by Gasteiger charge is 2.38. The van der Waals surface area contributed by atoms with Gasteiger partial charge in [0.25, 0.3) is 5.91 Å². The second kappa shape index (κ2) is 10.2. The molecule has 0 radical (unpaired) electrons. The molecule has 184 valence electrons. The summed E-state index contributed by atoms with van der Waals surface area (Å²) in [7, 11) is 1.50. The summed E-state index contributed by atoms with van der Waals surface area (Å²) in [6.07, 6.45) is 1.05. The molecule has 0 saturated carbocycles. The van der Waals surface area contributed by atoms with Crippen LogP contribution in [0.4, 0.5) is 0 Å². The minimum absolute atomic E-state index is 0.122. The summed E-state index contributed by atoms with van der Waals surface area (Å²) in [6, 6.07) is 19.3. The molecule has 3 heterocycles. The highest BCUT2D eigenvalue weighted by atomic mass is 16.6. The molecule has 0 unspecified atom stereocenters. The molecule has 36 heavy (non-hydrogen) atoms. The third kappa shape index (κ3) is 4.91. The van der Waals surface area contributed by atoms with Crippen LogP contribution < -0.4 is 0 Å². The fourth-order valence-corrected chi connectivity index (χ4v) is 4.55. The van der Waals surface area contributed by atoms with E-state index in [1.165, 1.54) is 7.11 Å². The molecule has 1 saturated heterocycles. The van der Waals surface area contributed by atoms with Gasteiger partial charge in [-0.05, 0) is 43.2 Å². The fourth-order valence-electron chi connectivity index (χ4n) is 4.55. The molecule has 9 nitrogen and oxygen atoms in total. The minimum Gasteiger partial charge on any atom is -0.399 e. The zero-order chi connectivity index (χ0) is 25.1. The molecule has 1 amide bonds. The van der Waals surface area contributed by atoms with Crippen LogP contribution in [-0.4, -0.2) is 50.1 Å². The monoisotopic (exact) mass is 484 g/mol. The zero-order valence-corrected chi connectivity index (χ0v) is 20.6. The number of nitrogens with zero attached hydrogens (tertiary/aromatic N) is 6. The number of amides is 1. The van der Waals surface area contributed by atoms with Crippen molar-refractivity contribution in [2.24, 2.45) is 5.16 Å². The number of aryl methyl sites for hydroxylation is 4. The van der Waals surface area contributed by atoms with E-state index >= 15 is 0 Å². The van der Waals surface area contributed by atoms with Crippen LogP contribution in [0.2, 0.25) is 0 Å². The third-order valence-corrected chi connectivity index (χ3v) is 6.30. The summed E-state index contributed by atoms with van der Waals surface area (Å²) in [5, 5.41) is 12.7. The summed E-state index contributed by atoms with van der Waals surface area (Å²) in [5.41, 5.74) is 5.55. The topological polar surface area (TPSA) is 98.6 Å². The maximum atomic E-state index is 13.5. The molecule has 2 aromatic heterocycles. The SMILES string of the molecule is CON=C1C[C@@H](c2nc(CCn3nc(C)cc3C)no2)N(C(=O)c2ccc(-c3ccccc3)cc2)C1. The number of benzene rings is 2. The molecular formula is C27H28N6O3. The van der Waals surface area contributed by atoms with Crippen molar-refractivity contribution < 1.29 is 14.2 Å². The Labute approximate surface area is 209 Å². The molecule has 2 aromatic carbocycles. The lowest BCUT2D eigenvalue weighted by Crippen LogP contribution is -2.31. The van der Waals surface area contributed by atoms with Crippen LogP contribution >= 0.6 is 0 Å². The van der Waals surface area contributed by atoms with Crippen molar-refractivity contribution >= 4 is 11.6 Å². The lowest BCUT2D eigenvalue weighted by atomic mass is 10.0. The predicted octanol–water partition coefficient (Wildman–Crippen LogP) is 4.38. The van der Waals surface area contributed by atoms with Crippen LogP contribution in [0.1, 0.15) is 45.9 Å². The third-order valence-electron chi connectivity index (χ3n) is 6.30. The number of oxime groups is 1. The van der Waals surface area contributed by atoms with E-state index in [2.05, 4.69) is 20.4 Å². The van der Waals surface area contributed by atoms with Crippen LogP contribution in [0, 0.1) is 13.8 Å². The van der Waals surface area contributed by atoms with Crippen molar-refractivity contribution in [3.63, 3.8) is 0 Å². The highest BCUT2D eigenvalue weighted by Crippen LogP contribution is 2.32. The molecule has 5 rings (SSSR count). The smallest absolute Gasteiger partial charge is 0.254 e. The quantitative estimate of drug-likeness (QED) is 0.361. The Kier molecular flexibility index (Phi) is 6.62. The lowest BCUT2D eigenvalue weighted by Gasteiger charge is -2.21. The van der Waals surface area contributed by atoms with Gasteiger partial charge in [-0.15, -0.1) is 0 Å². The molecule has 0 spiro atoms. The average molecular weight is 485 g/mol. The maximum Gasteiger partial charge on any atom is 0.254 e. The van der Waals surface area contributed by atoms with Gasteiger partial charge in [0.15, 0.2) is 5.82 Å². The van der Waals surface area contributed by atoms with Gasteiger partial charge in [-0.25, -0.2) is 0 Å². The van der Waals surface area contributed by atoms with Gasteiger partial charge in [-0.3, -0.25) is 9.48 Å². The maximum absolute atomic E-state index is 13.5. The zero-order valence-electron chi connectivity index (χ0n) is 20.6. The van der Waals surface area contributed by atoms with E-state index in [9.17, 15) is 4.79 Å². The van der Waals surface area contributed by atoms with Gasteiger partial charge in [0, 0.05) is 30.6 Å². The standard InChI is InChI=1S/C27H28N6O3/c1-18-15-19(2)33(29-18)14-13-25-28-26(36-31-25)24-16-23(30-35-3)17-32(24)27(34)22-11-9-21(10-12-22)20-7-5-4-6-8-20/h4-12,15,24H,13-14,16-17H2,1-3H3/t24-/m0/s1. The van der Waals surface area contributed by atoms with Crippen LogP contribution in [-0.2, 0) is 17.8 Å². The van der Waals surface area contributed by atoms with E-state index in [0.29, 0.717) is 43.2 Å². The van der Waals surface area contributed by atoms with E-state index in [0.717, 1.165) is 28.2 Å². The molecular weight excluding hydrogens is 456 g/mol. The molecule has 4 aromatic rings. The second-order valence-corrected chi connectivity index (χ2v) is 8.89. The van der Waals surface area contributed by atoms with Gasteiger partial charge in [0.2, 0.25) is 5.89 Å². The van der Waals surface area contributed by atoms with Crippen LogP contribution in [0.5, 0.6) is 0 Å². The van der Waals surface area contributed by atoms with Crippen LogP contribution in [0.3, 0.4) is 0 Å². The average Bonchev–Trinajstić information content (AvgIpc) is 3.61. The molecule has 1 fully saturated rings. The Balaban J connectivity index is 1.34. The van der Waals surface area contributed by atoms with Gasteiger partial charge >= 0.3 is 0 Å². The lowest BCUT2D eigenvalue weighted by molar-refractivity contribution is 0.0713. The largest absolute Gasteiger partial charge is 0.399 e. The van der Waals surface area contributed by atoms with Gasteiger partial charge in [0.05, 0.1) is 18.0 Å². The first-order valence-corrected chi connectivity index (χ1v) is 11.9. The van der Waals surface area contributed by atoms with E-state index in [4.69, 9.17) is 9.36 Å². The first-order chi connectivity index (χ1) is 17.5. The minimum atomic E-state index is -0.407. The molecule has 1 atom stereocenters. The number of likely N-dealkylation sites (tertiary alicyclic amines) is 1. The molecule has 1 aliphatic heterocycles. The van der Waals surface area contributed by atoms with Crippen LogP contribution in [0.15, 0.2) is 70.3 Å². The summed E-state index contributed by atoms with van der Waals surface area (Å²) in [4.78, 5) is 24.8. The highest BCUT2D eigenvalue weighted by molar-refractivity contribution is 6.00. The number of hydrogen-bond donors (Lipinski definition) is 0. The second-order valence-electron chi connectivity index (χ2n) is 8.89. The summed E-state index contributed by atoms with van der Waals surface area (Å²) >= 11 is 0. The number of aromatic nitrogens is 4. The van der Waals surface area contributed by atoms with Gasteiger partial charge < -0.3 is 14.3 Å². The first-order valence-electron chi connectivity index (χ1n) is 11.9. The molecule has 0 N–H and O–H groups in total. The molecule has 1 aliphatic rings. The normalized spacial score (nSPS) is 16.6. The van der Waals surface area contributed by atoms with Gasteiger partial charge in [-0.1, -0.05) is 52.8 Å². The van der Waals surface area contributed by atoms with Crippen molar-refractivity contribution in [2.45, 2.75) is 39.3 Å². The van der Waals surface area contributed by atoms with Crippen molar-refractivity contribution in [3.8, 4) is 11.1 Å². The predicted molar refractivity (Wildman–Crippen MR) is 134 cm³/mol. The van der Waals surface area contributed by atoms with Gasteiger partial charge in [0.1, 0.15) is 13.2 Å². The summed E-state index contributed by atoms with van der Waals surface area (Å²) in [5.74, 6) is 0.853. The Bertz CT molecular complexity index is 1370. The number of carbonyl (C=O) groups is 1. The van der Waals surface area contributed by atoms with Crippen molar-refractivity contribution in [3.05, 3.63) is 89.3 Å². The van der Waals surface area contributed by atoms with E-state index < -0.39 is 6.04 Å². The van der Waals surface area contributed by atoms with Crippen molar-refractivity contribution in [1.29, 1.82) is 0 Å². The molecule has 9 heteroatoms. The Hall–Kier alpha value is -4.27. The van der Waals surface area contributed by atoms with Crippen LogP contribution in [0.25, 0.3) is 11.1 Å². The first kappa shape index (κ1) is 23.5. The Morgan fingerprint density at radius 3 is 2.56 bits per heavy atom.